The van der Waals surface area contributed by atoms with Gasteiger partial charge in [0.2, 0.25) is 0 Å². The normalized spacial score (nSPS) is 17.4. The fourth-order valence-corrected chi connectivity index (χ4v) is 4.71. The predicted octanol–water partition coefficient (Wildman–Crippen LogP) is 3.79. The van der Waals surface area contributed by atoms with Crippen molar-refractivity contribution in [3.63, 3.8) is 0 Å². The smallest absolute Gasteiger partial charge is 0.410 e. The Hall–Kier alpha value is -3.13. The first-order chi connectivity index (χ1) is 15.4. The number of carbonyl (C=O) groups is 2. The summed E-state index contributed by atoms with van der Waals surface area (Å²) < 4.78 is 5.48. The summed E-state index contributed by atoms with van der Waals surface area (Å²) in [6, 6.07) is 11.0. The molecule has 2 fully saturated rings. The second-order valence-corrected chi connectivity index (χ2v) is 9.22. The maximum Gasteiger partial charge on any atom is 0.410 e. The number of benzene rings is 2. The molecule has 9 heteroatoms. The fraction of sp³-hybridized carbons (Fsp3) is 0.391. The van der Waals surface area contributed by atoms with Crippen molar-refractivity contribution in [2.45, 2.75) is 26.4 Å². The number of hydrogen-bond acceptors (Lipinski definition) is 5. The minimum atomic E-state index is -0.301. The second kappa shape index (κ2) is 8.09. The molecule has 1 spiro atoms. The first-order valence-electron chi connectivity index (χ1n) is 10.7. The van der Waals surface area contributed by atoms with E-state index in [2.05, 4.69) is 15.4 Å². The molecule has 166 valence electrons. The highest BCUT2D eigenvalue weighted by Crippen LogP contribution is 2.41. The molecule has 32 heavy (non-hydrogen) atoms. The first-order valence-corrected chi connectivity index (χ1v) is 11.1. The van der Waals surface area contributed by atoms with E-state index in [0.717, 1.165) is 29.5 Å². The van der Waals surface area contributed by atoms with Gasteiger partial charge in [-0.25, -0.2) is 4.79 Å². The lowest BCUT2D eigenvalue weighted by molar-refractivity contribution is -0.0319. The van der Waals surface area contributed by atoms with Crippen LogP contribution in [0.5, 0.6) is 0 Å². The lowest BCUT2D eigenvalue weighted by atomic mass is 9.72. The monoisotopic (exact) mass is 453 g/mol. The van der Waals surface area contributed by atoms with Gasteiger partial charge in [-0.15, -0.1) is 0 Å². The number of hydrogen-bond donors (Lipinski definition) is 1. The molecule has 1 N–H and O–H groups in total. The molecule has 0 saturated carbocycles. The molecule has 0 bridgehead atoms. The number of rotatable bonds is 3. The third-order valence-corrected chi connectivity index (χ3v) is 6.99. The van der Waals surface area contributed by atoms with Crippen molar-refractivity contribution in [3.8, 4) is 0 Å². The van der Waals surface area contributed by atoms with Gasteiger partial charge in [0.1, 0.15) is 17.6 Å². The van der Waals surface area contributed by atoms with Crippen LogP contribution in [-0.2, 0) is 11.3 Å². The van der Waals surface area contributed by atoms with E-state index >= 15 is 0 Å². The van der Waals surface area contributed by atoms with E-state index in [-0.39, 0.29) is 24.0 Å². The van der Waals surface area contributed by atoms with E-state index in [0.29, 0.717) is 42.3 Å². The van der Waals surface area contributed by atoms with Crippen LogP contribution in [0.1, 0.15) is 34.3 Å². The minimum absolute atomic E-state index is 0.0131. The zero-order valence-corrected chi connectivity index (χ0v) is 18.6. The standard InChI is InChI=1S/C23H24ClN5O3/c1-15-2-3-16(10-18(15)24)12-32-22(31)28-8-6-23(7-9-28)13-29(14-23)21(30)17-4-5-19-20(11-17)26-27-25-19/h2-5,10-11H,6-9,12-14H2,1H3,(H,25,26,27). The number of piperidine rings is 1. The van der Waals surface area contributed by atoms with Crippen LogP contribution in [0.25, 0.3) is 11.0 Å². The van der Waals surface area contributed by atoms with Gasteiger partial charge in [0.25, 0.3) is 5.91 Å². The lowest BCUT2D eigenvalue weighted by Gasteiger charge is -2.53. The highest BCUT2D eigenvalue weighted by atomic mass is 35.5. The SMILES string of the molecule is Cc1ccc(COC(=O)N2CCC3(CC2)CN(C(=O)c2ccc4n[nH]nc4c2)C3)cc1Cl. The number of H-pyrrole nitrogens is 1. The number of nitrogens with zero attached hydrogens (tertiary/aromatic N) is 4. The van der Waals surface area contributed by atoms with E-state index < -0.39 is 0 Å². The van der Waals surface area contributed by atoms with Crippen molar-refractivity contribution in [2.24, 2.45) is 5.41 Å². The Morgan fingerprint density at radius 3 is 2.56 bits per heavy atom. The summed E-state index contributed by atoms with van der Waals surface area (Å²) in [6.07, 6.45) is 1.43. The maximum atomic E-state index is 12.8. The van der Waals surface area contributed by atoms with Crippen LogP contribution in [0.15, 0.2) is 36.4 Å². The van der Waals surface area contributed by atoms with Gasteiger partial charge >= 0.3 is 6.09 Å². The van der Waals surface area contributed by atoms with Crippen molar-refractivity contribution in [1.82, 2.24) is 25.2 Å². The van der Waals surface area contributed by atoms with Gasteiger partial charge in [-0.2, -0.15) is 15.4 Å². The molecular formula is C23H24ClN5O3. The number of halogens is 1. The van der Waals surface area contributed by atoms with Crippen LogP contribution in [0, 0.1) is 12.3 Å². The van der Waals surface area contributed by atoms with Crippen LogP contribution in [0.3, 0.4) is 0 Å². The van der Waals surface area contributed by atoms with Crippen LogP contribution >= 0.6 is 11.6 Å². The van der Waals surface area contributed by atoms with Gasteiger partial charge in [0.05, 0.1) is 0 Å². The van der Waals surface area contributed by atoms with Gasteiger partial charge in [-0.05, 0) is 55.2 Å². The third kappa shape index (κ3) is 3.90. The predicted molar refractivity (Wildman–Crippen MR) is 119 cm³/mol. The van der Waals surface area contributed by atoms with Gasteiger partial charge in [0.15, 0.2) is 0 Å². The summed E-state index contributed by atoms with van der Waals surface area (Å²) in [5.74, 6) is 0.0131. The Morgan fingerprint density at radius 2 is 1.81 bits per heavy atom. The van der Waals surface area contributed by atoms with Crippen molar-refractivity contribution in [3.05, 3.63) is 58.1 Å². The Labute approximate surface area is 190 Å². The van der Waals surface area contributed by atoms with Gasteiger partial charge in [0, 0.05) is 42.2 Å². The number of carbonyl (C=O) groups excluding carboxylic acids is 2. The van der Waals surface area contributed by atoms with E-state index in [4.69, 9.17) is 16.3 Å². The second-order valence-electron chi connectivity index (χ2n) is 8.81. The van der Waals surface area contributed by atoms with Crippen molar-refractivity contribution in [1.29, 1.82) is 0 Å². The molecule has 0 atom stereocenters. The van der Waals surface area contributed by atoms with E-state index in [1.807, 2.05) is 30.0 Å². The number of ether oxygens (including phenoxy) is 1. The summed E-state index contributed by atoms with van der Waals surface area (Å²) in [5.41, 5.74) is 4.01. The number of amides is 2. The molecule has 2 aromatic carbocycles. The summed E-state index contributed by atoms with van der Waals surface area (Å²) in [4.78, 5) is 28.9. The maximum absolute atomic E-state index is 12.8. The van der Waals surface area contributed by atoms with Gasteiger partial charge in [-0.1, -0.05) is 23.7 Å². The zero-order chi connectivity index (χ0) is 22.3. The molecule has 3 heterocycles. The minimum Gasteiger partial charge on any atom is -0.445 e. The Kier molecular flexibility index (Phi) is 5.25. The number of aromatic nitrogens is 3. The molecule has 0 unspecified atom stereocenters. The molecule has 2 saturated heterocycles. The number of aromatic amines is 1. The zero-order valence-electron chi connectivity index (χ0n) is 17.8. The van der Waals surface area contributed by atoms with Crippen LogP contribution < -0.4 is 0 Å². The molecule has 5 rings (SSSR count). The van der Waals surface area contributed by atoms with E-state index in [1.165, 1.54) is 0 Å². The molecule has 2 aliphatic heterocycles. The summed E-state index contributed by atoms with van der Waals surface area (Å²) in [7, 11) is 0. The molecule has 3 aromatic rings. The fourth-order valence-electron chi connectivity index (χ4n) is 4.51. The molecule has 1 aromatic heterocycles. The quantitative estimate of drug-likeness (QED) is 0.651. The highest BCUT2D eigenvalue weighted by Gasteiger charge is 2.47. The lowest BCUT2D eigenvalue weighted by Crippen LogP contribution is -2.62. The van der Waals surface area contributed by atoms with Crippen molar-refractivity contribution in [2.75, 3.05) is 26.2 Å². The van der Waals surface area contributed by atoms with Gasteiger partial charge < -0.3 is 14.5 Å². The molecule has 2 amide bonds. The molecule has 8 nitrogen and oxygen atoms in total. The average molecular weight is 454 g/mol. The van der Waals surface area contributed by atoms with Crippen LogP contribution in [0.2, 0.25) is 5.02 Å². The average Bonchev–Trinajstić information content (AvgIpc) is 3.25. The first kappa shape index (κ1) is 20.8. The van der Waals surface area contributed by atoms with Crippen LogP contribution in [0.4, 0.5) is 4.79 Å². The Balaban J connectivity index is 1.11. The number of likely N-dealkylation sites (tertiary alicyclic amines) is 2. The summed E-state index contributed by atoms with van der Waals surface area (Å²) in [5, 5.41) is 11.3. The molecule has 0 radical (unpaired) electrons. The Morgan fingerprint density at radius 1 is 1.06 bits per heavy atom. The van der Waals surface area contributed by atoms with Gasteiger partial charge in [-0.3, -0.25) is 4.79 Å². The summed E-state index contributed by atoms with van der Waals surface area (Å²) >= 11 is 6.14. The molecule has 2 aliphatic rings. The molecule has 0 aliphatic carbocycles. The van der Waals surface area contributed by atoms with Crippen molar-refractivity contribution < 1.29 is 14.3 Å². The largest absolute Gasteiger partial charge is 0.445 e. The van der Waals surface area contributed by atoms with Crippen LogP contribution in [-0.4, -0.2) is 63.4 Å². The third-order valence-electron chi connectivity index (χ3n) is 6.58. The number of aryl methyl sites for hydroxylation is 1. The van der Waals surface area contributed by atoms with E-state index in [1.54, 1.807) is 23.1 Å². The summed E-state index contributed by atoms with van der Waals surface area (Å²) in [6.45, 7) is 4.85. The van der Waals surface area contributed by atoms with Crippen molar-refractivity contribution >= 4 is 34.6 Å². The number of fused-ring (bicyclic) bond motifs is 1. The number of nitrogens with one attached hydrogen (secondary N) is 1. The molecular weight excluding hydrogens is 430 g/mol. The topological polar surface area (TPSA) is 91.4 Å². The highest BCUT2D eigenvalue weighted by molar-refractivity contribution is 6.31. The Bertz CT molecular complexity index is 1180. The van der Waals surface area contributed by atoms with E-state index in [9.17, 15) is 9.59 Å².